The van der Waals surface area contributed by atoms with Gasteiger partial charge in [0.1, 0.15) is 0 Å². The van der Waals surface area contributed by atoms with Crippen LogP contribution in [0.4, 0.5) is 0 Å². The normalized spacial score (nSPS) is 22.1. The number of halogens is 1. The monoisotopic (exact) mass is 226 g/mol. The van der Waals surface area contributed by atoms with E-state index in [2.05, 4.69) is 9.88 Å². The van der Waals surface area contributed by atoms with Crippen LogP contribution >= 0.6 is 11.6 Å². The lowest BCUT2D eigenvalue weighted by molar-refractivity contribution is 0.152. The van der Waals surface area contributed by atoms with Gasteiger partial charge in [-0.2, -0.15) is 0 Å². The molecule has 1 N–H and O–H groups in total. The summed E-state index contributed by atoms with van der Waals surface area (Å²) in [6, 6.07) is 3.96. The summed E-state index contributed by atoms with van der Waals surface area (Å²) in [7, 11) is 0. The van der Waals surface area contributed by atoms with Crippen LogP contribution in [0.3, 0.4) is 0 Å². The van der Waals surface area contributed by atoms with Crippen LogP contribution in [0.15, 0.2) is 18.3 Å². The van der Waals surface area contributed by atoms with Crippen LogP contribution in [0.2, 0.25) is 5.02 Å². The first-order valence-corrected chi connectivity index (χ1v) is 5.63. The summed E-state index contributed by atoms with van der Waals surface area (Å²) in [5, 5.41) is 9.90. The van der Waals surface area contributed by atoms with E-state index in [-0.39, 0.29) is 6.61 Å². The van der Waals surface area contributed by atoms with Gasteiger partial charge >= 0.3 is 0 Å². The second-order valence-corrected chi connectivity index (χ2v) is 4.35. The van der Waals surface area contributed by atoms with Crippen molar-refractivity contribution >= 4 is 11.6 Å². The van der Waals surface area contributed by atoms with Crippen LogP contribution in [-0.2, 0) is 6.54 Å². The van der Waals surface area contributed by atoms with Gasteiger partial charge in [-0.05, 0) is 31.5 Å². The Morgan fingerprint density at radius 3 is 3.20 bits per heavy atom. The Labute approximate surface area is 94.7 Å². The summed E-state index contributed by atoms with van der Waals surface area (Å²) in [5.74, 6) is 0. The molecule has 1 aromatic heterocycles. The molecule has 15 heavy (non-hydrogen) atoms. The molecule has 1 atom stereocenters. The highest BCUT2D eigenvalue weighted by Gasteiger charge is 2.23. The average molecular weight is 227 g/mol. The molecule has 2 heterocycles. The van der Waals surface area contributed by atoms with E-state index in [9.17, 15) is 5.11 Å². The topological polar surface area (TPSA) is 36.4 Å². The zero-order valence-corrected chi connectivity index (χ0v) is 9.32. The van der Waals surface area contributed by atoms with Crippen molar-refractivity contribution in [2.75, 3.05) is 13.2 Å². The highest BCUT2D eigenvalue weighted by atomic mass is 35.5. The van der Waals surface area contributed by atoms with Gasteiger partial charge in [0.25, 0.3) is 0 Å². The van der Waals surface area contributed by atoms with Gasteiger partial charge in [0.2, 0.25) is 0 Å². The number of hydrogen-bond acceptors (Lipinski definition) is 3. The molecule has 1 fully saturated rings. The van der Waals surface area contributed by atoms with E-state index in [1.165, 1.54) is 0 Å². The molecule has 1 aromatic rings. The minimum absolute atomic E-state index is 0.237. The molecular formula is C11H15ClN2O. The number of pyridine rings is 1. The van der Waals surface area contributed by atoms with Crippen LogP contribution in [0.25, 0.3) is 0 Å². The number of rotatable bonds is 3. The minimum Gasteiger partial charge on any atom is -0.395 e. The van der Waals surface area contributed by atoms with Crippen molar-refractivity contribution in [1.29, 1.82) is 0 Å². The first kappa shape index (κ1) is 10.9. The van der Waals surface area contributed by atoms with E-state index in [1.807, 2.05) is 6.07 Å². The van der Waals surface area contributed by atoms with Crippen molar-refractivity contribution < 1.29 is 5.11 Å². The maximum Gasteiger partial charge on any atom is 0.0587 e. The maximum absolute atomic E-state index is 9.18. The van der Waals surface area contributed by atoms with Crippen molar-refractivity contribution in [3.8, 4) is 0 Å². The average Bonchev–Trinajstić information content (AvgIpc) is 2.65. The Balaban J connectivity index is 2.02. The largest absolute Gasteiger partial charge is 0.395 e. The molecular weight excluding hydrogens is 212 g/mol. The lowest BCUT2D eigenvalue weighted by Gasteiger charge is -2.21. The van der Waals surface area contributed by atoms with Crippen molar-refractivity contribution in [3.05, 3.63) is 29.0 Å². The summed E-state index contributed by atoms with van der Waals surface area (Å²) in [6.45, 7) is 2.06. The quantitative estimate of drug-likeness (QED) is 0.852. The third-order valence-electron chi connectivity index (χ3n) is 2.85. The molecule has 0 amide bonds. The molecule has 0 aromatic carbocycles. The molecule has 0 spiro atoms. The summed E-state index contributed by atoms with van der Waals surface area (Å²) in [5.41, 5.74) is 0.975. The lowest BCUT2D eigenvalue weighted by Crippen LogP contribution is -2.31. The Morgan fingerprint density at radius 2 is 2.47 bits per heavy atom. The molecule has 0 radical (unpaired) electrons. The lowest BCUT2D eigenvalue weighted by atomic mass is 10.2. The van der Waals surface area contributed by atoms with Gasteiger partial charge < -0.3 is 5.11 Å². The fourth-order valence-corrected chi connectivity index (χ4v) is 2.24. The summed E-state index contributed by atoms with van der Waals surface area (Å²) < 4.78 is 0. The fourth-order valence-electron chi connectivity index (χ4n) is 2.05. The Morgan fingerprint density at radius 1 is 1.60 bits per heavy atom. The van der Waals surface area contributed by atoms with E-state index < -0.39 is 0 Å². The number of aliphatic hydroxyl groups excluding tert-OH is 1. The van der Waals surface area contributed by atoms with E-state index in [0.717, 1.165) is 36.6 Å². The number of likely N-dealkylation sites (tertiary alicyclic amines) is 1. The summed E-state index contributed by atoms with van der Waals surface area (Å²) in [6.07, 6.45) is 3.96. The molecule has 1 aliphatic rings. The number of aromatic nitrogens is 1. The molecule has 3 nitrogen and oxygen atoms in total. The second-order valence-electron chi connectivity index (χ2n) is 3.91. The fraction of sp³-hybridized carbons (Fsp3) is 0.545. The Hall–Kier alpha value is -0.640. The highest BCUT2D eigenvalue weighted by molar-refractivity contribution is 6.30. The molecule has 0 aliphatic carbocycles. The molecule has 1 saturated heterocycles. The van der Waals surface area contributed by atoms with E-state index >= 15 is 0 Å². The zero-order chi connectivity index (χ0) is 10.7. The van der Waals surface area contributed by atoms with Crippen molar-refractivity contribution in [2.45, 2.75) is 25.4 Å². The van der Waals surface area contributed by atoms with E-state index in [1.54, 1.807) is 12.3 Å². The molecule has 1 aliphatic heterocycles. The summed E-state index contributed by atoms with van der Waals surface area (Å²) in [4.78, 5) is 6.53. The van der Waals surface area contributed by atoms with Crippen molar-refractivity contribution in [2.24, 2.45) is 0 Å². The van der Waals surface area contributed by atoms with Gasteiger partial charge in [0.05, 0.1) is 12.3 Å². The molecule has 0 bridgehead atoms. The van der Waals surface area contributed by atoms with Crippen LogP contribution in [-0.4, -0.2) is 34.2 Å². The van der Waals surface area contributed by atoms with E-state index in [4.69, 9.17) is 11.6 Å². The molecule has 4 heteroatoms. The van der Waals surface area contributed by atoms with E-state index in [0.29, 0.717) is 6.04 Å². The van der Waals surface area contributed by atoms with Crippen molar-refractivity contribution in [1.82, 2.24) is 9.88 Å². The van der Waals surface area contributed by atoms with Gasteiger partial charge in [0.15, 0.2) is 0 Å². The predicted molar refractivity (Wildman–Crippen MR) is 59.8 cm³/mol. The van der Waals surface area contributed by atoms with Gasteiger partial charge in [-0.3, -0.25) is 9.88 Å². The van der Waals surface area contributed by atoms with Gasteiger partial charge in [-0.1, -0.05) is 11.6 Å². The summed E-state index contributed by atoms with van der Waals surface area (Å²) >= 11 is 5.89. The third kappa shape index (κ3) is 2.68. The maximum atomic E-state index is 9.18. The van der Waals surface area contributed by atoms with Crippen LogP contribution in [0.1, 0.15) is 18.5 Å². The SMILES string of the molecule is OC[C@H]1CCCN1Cc1cc(Cl)ccn1. The number of aliphatic hydroxyl groups is 1. The standard InChI is InChI=1S/C11H15ClN2O/c12-9-3-4-13-10(6-9)7-14-5-1-2-11(14)8-15/h3-4,6,11,15H,1-2,5,7-8H2/t11-/m1/s1. The Kier molecular flexibility index (Phi) is 3.57. The first-order valence-electron chi connectivity index (χ1n) is 5.25. The van der Waals surface area contributed by atoms with Gasteiger partial charge in [0, 0.05) is 23.8 Å². The molecule has 2 rings (SSSR count). The van der Waals surface area contributed by atoms with Crippen LogP contribution in [0, 0.1) is 0 Å². The number of nitrogens with zero attached hydrogens (tertiary/aromatic N) is 2. The highest BCUT2D eigenvalue weighted by Crippen LogP contribution is 2.19. The molecule has 0 saturated carbocycles. The smallest absolute Gasteiger partial charge is 0.0587 e. The van der Waals surface area contributed by atoms with Crippen LogP contribution < -0.4 is 0 Å². The van der Waals surface area contributed by atoms with Crippen molar-refractivity contribution in [3.63, 3.8) is 0 Å². The number of hydrogen-bond donors (Lipinski definition) is 1. The van der Waals surface area contributed by atoms with Crippen LogP contribution in [0.5, 0.6) is 0 Å². The third-order valence-corrected chi connectivity index (χ3v) is 3.09. The second kappa shape index (κ2) is 4.92. The minimum atomic E-state index is 0.237. The Bertz CT molecular complexity index is 332. The van der Waals surface area contributed by atoms with Gasteiger partial charge in [-0.25, -0.2) is 0 Å². The molecule has 0 unspecified atom stereocenters. The first-order chi connectivity index (χ1) is 7.29. The predicted octanol–water partition coefficient (Wildman–Crippen LogP) is 1.69. The van der Waals surface area contributed by atoms with Gasteiger partial charge in [-0.15, -0.1) is 0 Å². The molecule has 82 valence electrons. The zero-order valence-electron chi connectivity index (χ0n) is 8.56.